The summed E-state index contributed by atoms with van der Waals surface area (Å²) in [6.45, 7) is 3.62. The molecule has 0 spiro atoms. The summed E-state index contributed by atoms with van der Waals surface area (Å²) >= 11 is 0. The Kier molecular flexibility index (Phi) is 3.74. The standard InChI is InChI=1S/C16H17FN2O/c1-11-6-8-14(9-7-11)19-16(2,15(18)20)12-4-3-5-13(17)10-12/h3-10,19H,1-2H3,(H2,18,20). The van der Waals surface area contributed by atoms with Crippen LogP contribution >= 0.6 is 0 Å². The Bertz CT molecular complexity index is 625. The Balaban J connectivity index is 2.39. The first-order chi connectivity index (χ1) is 9.41. The van der Waals surface area contributed by atoms with E-state index in [9.17, 15) is 9.18 Å². The van der Waals surface area contributed by atoms with Crippen molar-refractivity contribution in [3.63, 3.8) is 0 Å². The first kappa shape index (κ1) is 14.1. The zero-order valence-corrected chi connectivity index (χ0v) is 11.5. The first-order valence-corrected chi connectivity index (χ1v) is 6.32. The van der Waals surface area contributed by atoms with Gasteiger partial charge < -0.3 is 11.1 Å². The molecule has 1 unspecified atom stereocenters. The van der Waals surface area contributed by atoms with Crippen molar-refractivity contribution < 1.29 is 9.18 Å². The van der Waals surface area contributed by atoms with Gasteiger partial charge in [0.1, 0.15) is 11.4 Å². The molecule has 0 aliphatic carbocycles. The predicted molar refractivity (Wildman–Crippen MR) is 77.7 cm³/mol. The van der Waals surface area contributed by atoms with Crippen LogP contribution in [0.15, 0.2) is 48.5 Å². The van der Waals surface area contributed by atoms with E-state index in [1.54, 1.807) is 19.1 Å². The summed E-state index contributed by atoms with van der Waals surface area (Å²) in [4.78, 5) is 11.8. The highest BCUT2D eigenvalue weighted by molar-refractivity contribution is 5.89. The molecule has 0 radical (unpaired) electrons. The zero-order chi connectivity index (χ0) is 14.8. The maximum atomic E-state index is 13.4. The quantitative estimate of drug-likeness (QED) is 0.899. The van der Waals surface area contributed by atoms with E-state index < -0.39 is 17.3 Å². The van der Waals surface area contributed by atoms with Crippen molar-refractivity contribution in [3.05, 3.63) is 65.5 Å². The second kappa shape index (κ2) is 5.33. The lowest BCUT2D eigenvalue weighted by molar-refractivity contribution is -0.122. The number of aryl methyl sites for hydroxylation is 1. The van der Waals surface area contributed by atoms with Crippen molar-refractivity contribution in [1.82, 2.24) is 0 Å². The van der Waals surface area contributed by atoms with E-state index in [4.69, 9.17) is 5.73 Å². The Morgan fingerprint density at radius 2 is 1.85 bits per heavy atom. The Morgan fingerprint density at radius 3 is 2.40 bits per heavy atom. The number of hydrogen-bond donors (Lipinski definition) is 2. The fourth-order valence-electron chi connectivity index (χ4n) is 2.00. The number of halogens is 1. The largest absolute Gasteiger partial charge is 0.368 e. The second-order valence-electron chi connectivity index (χ2n) is 4.99. The lowest BCUT2D eigenvalue weighted by Crippen LogP contribution is -2.45. The second-order valence-corrected chi connectivity index (χ2v) is 4.99. The molecule has 0 heterocycles. The molecular weight excluding hydrogens is 255 g/mol. The molecule has 0 saturated carbocycles. The van der Waals surface area contributed by atoms with Gasteiger partial charge in [0.15, 0.2) is 0 Å². The van der Waals surface area contributed by atoms with Crippen molar-refractivity contribution in [3.8, 4) is 0 Å². The topological polar surface area (TPSA) is 55.1 Å². The van der Waals surface area contributed by atoms with E-state index in [0.717, 1.165) is 11.3 Å². The van der Waals surface area contributed by atoms with Crippen LogP contribution in [0.2, 0.25) is 0 Å². The lowest BCUT2D eigenvalue weighted by atomic mass is 9.90. The van der Waals surface area contributed by atoms with Gasteiger partial charge in [-0.15, -0.1) is 0 Å². The van der Waals surface area contributed by atoms with Crippen LogP contribution < -0.4 is 11.1 Å². The number of amides is 1. The minimum absolute atomic E-state index is 0.402. The van der Waals surface area contributed by atoms with Crippen molar-refractivity contribution >= 4 is 11.6 Å². The van der Waals surface area contributed by atoms with Gasteiger partial charge in [-0.2, -0.15) is 0 Å². The van der Waals surface area contributed by atoms with E-state index in [-0.39, 0.29) is 0 Å². The molecule has 2 rings (SSSR count). The van der Waals surface area contributed by atoms with E-state index in [2.05, 4.69) is 5.32 Å². The molecule has 0 fully saturated rings. The molecule has 0 bridgehead atoms. The molecule has 20 heavy (non-hydrogen) atoms. The Labute approximate surface area is 117 Å². The van der Waals surface area contributed by atoms with Gasteiger partial charge >= 0.3 is 0 Å². The van der Waals surface area contributed by atoms with Crippen molar-refractivity contribution in [2.75, 3.05) is 5.32 Å². The number of carbonyl (C=O) groups excluding carboxylic acids is 1. The molecule has 0 aliphatic rings. The molecule has 104 valence electrons. The van der Waals surface area contributed by atoms with Crippen LogP contribution in [0.1, 0.15) is 18.1 Å². The maximum Gasteiger partial charge on any atom is 0.247 e. The van der Waals surface area contributed by atoms with E-state index in [0.29, 0.717) is 5.56 Å². The van der Waals surface area contributed by atoms with Gasteiger partial charge in [-0.1, -0.05) is 29.8 Å². The van der Waals surface area contributed by atoms with Crippen LogP contribution in [-0.4, -0.2) is 5.91 Å². The molecule has 0 aromatic heterocycles. The van der Waals surface area contributed by atoms with Gasteiger partial charge in [0.05, 0.1) is 0 Å². The number of primary amides is 1. The SMILES string of the molecule is Cc1ccc(NC(C)(C(N)=O)c2cccc(F)c2)cc1. The van der Waals surface area contributed by atoms with E-state index in [1.807, 2.05) is 31.2 Å². The van der Waals surface area contributed by atoms with Crippen LogP contribution in [0, 0.1) is 12.7 Å². The smallest absolute Gasteiger partial charge is 0.247 e. The van der Waals surface area contributed by atoms with Crippen LogP contribution in [0.5, 0.6) is 0 Å². The molecule has 1 atom stereocenters. The van der Waals surface area contributed by atoms with Crippen molar-refractivity contribution in [1.29, 1.82) is 0 Å². The molecule has 0 aliphatic heterocycles. The number of carbonyl (C=O) groups is 1. The van der Waals surface area contributed by atoms with Crippen molar-refractivity contribution in [2.45, 2.75) is 19.4 Å². The zero-order valence-electron chi connectivity index (χ0n) is 11.5. The van der Waals surface area contributed by atoms with Gasteiger partial charge in [-0.05, 0) is 43.7 Å². The van der Waals surface area contributed by atoms with Crippen LogP contribution in [0.3, 0.4) is 0 Å². The lowest BCUT2D eigenvalue weighted by Gasteiger charge is -2.29. The highest BCUT2D eigenvalue weighted by atomic mass is 19.1. The summed E-state index contributed by atoms with van der Waals surface area (Å²) < 4.78 is 13.4. The van der Waals surface area contributed by atoms with E-state index in [1.165, 1.54) is 12.1 Å². The summed E-state index contributed by atoms with van der Waals surface area (Å²) in [7, 11) is 0. The predicted octanol–water partition coefficient (Wildman–Crippen LogP) is 2.95. The van der Waals surface area contributed by atoms with Crippen LogP contribution in [0.25, 0.3) is 0 Å². The summed E-state index contributed by atoms with van der Waals surface area (Å²) in [5.41, 5.74) is 6.69. The molecular formula is C16H17FN2O. The number of nitrogens with one attached hydrogen (secondary N) is 1. The van der Waals surface area contributed by atoms with Gasteiger partial charge in [-0.25, -0.2) is 4.39 Å². The third kappa shape index (κ3) is 2.79. The maximum absolute atomic E-state index is 13.4. The Morgan fingerprint density at radius 1 is 1.20 bits per heavy atom. The minimum Gasteiger partial charge on any atom is -0.368 e. The molecule has 3 N–H and O–H groups in total. The summed E-state index contributed by atoms with van der Waals surface area (Å²) in [6, 6.07) is 13.4. The third-order valence-corrected chi connectivity index (χ3v) is 3.34. The highest BCUT2D eigenvalue weighted by Crippen LogP contribution is 2.26. The monoisotopic (exact) mass is 272 g/mol. The number of nitrogens with two attached hydrogens (primary N) is 1. The van der Waals surface area contributed by atoms with Crippen LogP contribution in [-0.2, 0) is 10.3 Å². The average Bonchev–Trinajstić information content (AvgIpc) is 2.41. The number of anilines is 1. The fraction of sp³-hybridized carbons (Fsp3) is 0.188. The number of hydrogen-bond acceptors (Lipinski definition) is 2. The summed E-state index contributed by atoms with van der Waals surface area (Å²) in [5, 5.41) is 3.08. The van der Waals surface area contributed by atoms with Crippen LogP contribution in [0.4, 0.5) is 10.1 Å². The Hall–Kier alpha value is -2.36. The van der Waals surface area contributed by atoms with Crippen molar-refractivity contribution in [2.24, 2.45) is 5.73 Å². The molecule has 4 heteroatoms. The molecule has 0 saturated heterocycles. The van der Waals surface area contributed by atoms with Gasteiger partial charge in [0.2, 0.25) is 5.91 Å². The van der Waals surface area contributed by atoms with Gasteiger partial charge in [0.25, 0.3) is 0 Å². The van der Waals surface area contributed by atoms with Gasteiger partial charge in [-0.3, -0.25) is 4.79 Å². The molecule has 3 nitrogen and oxygen atoms in total. The minimum atomic E-state index is -1.17. The molecule has 2 aromatic rings. The van der Waals surface area contributed by atoms with E-state index >= 15 is 0 Å². The molecule has 2 aromatic carbocycles. The number of rotatable bonds is 4. The number of benzene rings is 2. The first-order valence-electron chi connectivity index (χ1n) is 6.32. The third-order valence-electron chi connectivity index (χ3n) is 3.34. The highest BCUT2D eigenvalue weighted by Gasteiger charge is 2.33. The molecule has 1 amide bonds. The summed E-state index contributed by atoms with van der Waals surface area (Å²) in [5.74, 6) is -0.968. The normalized spacial score (nSPS) is 13.6. The average molecular weight is 272 g/mol. The summed E-state index contributed by atoms with van der Waals surface area (Å²) in [6.07, 6.45) is 0. The van der Waals surface area contributed by atoms with Gasteiger partial charge in [0, 0.05) is 5.69 Å². The fourth-order valence-corrected chi connectivity index (χ4v) is 2.00.